The van der Waals surface area contributed by atoms with Crippen molar-refractivity contribution < 1.29 is 9.53 Å². The quantitative estimate of drug-likeness (QED) is 0.454. The summed E-state index contributed by atoms with van der Waals surface area (Å²) in [6, 6.07) is 24.6. The Balaban J connectivity index is 1.43. The van der Waals surface area contributed by atoms with Crippen LogP contribution in [0, 0.1) is 5.92 Å². The molecule has 1 amide bonds. The summed E-state index contributed by atoms with van der Waals surface area (Å²) in [5.41, 5.74) is 5.77. The summed E-state index contributed by atoms with van der Waals surface area (Å²) < 4.78 is 5.27. The number of carbonyl (C=O) groups excluding carboxylic acids is 1. The van der Waals surface area contributed by atoms with E-state index in [1.807, 2.05) is 36.4 Å². The molecule has 0 fully saturated rings. The SMILES string of the molecule is COc1ccc([C@@H](CC(C)C)NC(=O)c2ccc(CN3CCCc4ccccc43)cc2)cc1. The fourth-order valence-corrected chi connectivity index (χ4v) is 4.59. The molecule has 1 heterocycles. The van der Waals surface area contributed by atoms with Gasteiger partial charge >= 0.3 is 0 Å². The molecule has 33 heavy (non-hydrogen) atoms. The van der Waals surface area contributed by atoms with Crippen LogP contribution in [0.15, 0.2) is 72.8 Å². The molecule has 0 radical (unpaired) electrons. The number of anilines is 1. The van der Waals surface area contributed by atoms with E-state index in [2.05, 4.69) is 60.5 Å². The van der Waals surface area contributed by atoms with Gasteiger partial charge in [0.2, 0.25) is 0 Å². The van der Waals surface area contributed by atoms with Crippen LogP contribution in [-0.2, 0) is 13.0 Å². The lowest BCUT2D eigenvalue weighted by Gasteiger charge is -2.31. The van der Waals surface area contributed by atoms with Gasteiger partial charge in [0.25, 0.3) is 5.91 Å². The molecule has 0 saturated heterocycles. The molecule has 0 spiro atoms. The van der Waals surface area contributed by atoms with Crippen LogP contribution >= 0.6 is 0 Å². The summed E-state index contributed by atoms with van der Waals surface area (Å²) in [5, 5.41) is 3.24. The number of nitrogens with one attached hydrogen (secondary N) is 1. The molecule has 3 aromatic carbocycles. The Bertz CT molecular complexity index is 1060. The summed E-state index contributed by atoms with van der Waals surface area (Å²) in [7, 11) is 1.66. The molecule has 4 nitrogen and oxygen atoms in total. The van der Waals surface area contributed by atoms with Gasteiger partial charge in [-0.25, -0.2) is 0 Å². The van der Waals surface area contributed by atoms with E-state index in [1.54, 1.807) is 7.11 Å². The number of aryl methyl sites for hydroxylation is 1. The first-order valence-electron chi connectivity index (χ1n) is 11.9. The van der Waals surface area contributed by atoms with Gasteiger partial charge in [-0.3, -0.25) is 4.79 Å². The Kier molecular flexibility index (Phi) is 7.33. The topological polar surface area (TPSA) is 41.6 Å². The highest BCUT2D eigenvalue weighted by atomic mass is 16.5. The number of nitrogens with zero attached hydrogens (tertiary/aromatic N) is 1. The smallest absolute Gasteiger partial charge is 0.251 e. The van der Waals surface area contributed by atoms with Gasteiger partial charge in [0.15, 0.2) is 0 Å². The zero-order valence-electron chi connectivity index (χ0n) is 19.9. The highest BCUT2D eigenvalue weighted by Gasteiger charge is 2.19. The zero-order chi connectivity index (χ0) is 23.2. The van der Waals surface area contributed by atoms with Crippen LogP contribution in [0.5, 0.6) is 5.75 Å². The van der Waals surface area contributed by atoms with E-state index in [1.165, 1.54) is 23.2 Å². The van der Waals surface area contributed by atoms with Gasteiger partial charge < -0.3 is 15.0 Å². The second-order valence-electron chi connectivity index (χ2n) is 9.28. The molecule has 0 saturated carbocycles. The fourth-order valence-electron chi connectivity index (χ4n) is 4.59. The molecule has 0 unspecified atom stereocenters. The molecule has 1 aliphatic rings. The van der Waals surface area contributed by atoms with E-state index in [0.717, 1.165) is 37.2 Å². The van der Waals surface area contributed by atoms with Crippen LogP contribution in [0.4, 0.5) is 5.69 Å². The van der Waals surface area contributed by atoms with Crippen molar-refractivity contribution >= 4 is 11.6 Å². The highest BCUT2D eigenvalue weighted by molar-refractivity contribution is 5.94. The third-order valence-corrected chi connectivity index (χ3v) is 6.33. The van der Waals surface area contributed by atoms with Crippen molar-refractivity contribution in [3.8, 4) is 5.75 Å². The van der Waals surface area contributed by atoms with Crippen LogP contribution in [0.2, 0.25) is 0 Å². The second kappa shape index (κ2) is 10.6. The maximum absolute atomic E-state index is 13.1. The molecule has 0 bridgehead atoms. The highest BCUT2D eigenvalue weighted by Crippen LogP contribution is 2.28. The summed E-state index contributed by atoms with van der Waals surface area (Å²) in [6.07, 6.45) is 3.21. The summed E-state index contributed by atoms with van der Waals surface area (Å²) in [4.78, 5) is 15.5. The molecule has 3 aromatic rings. The molecular formula is C29H34N2O2. The standard InChI is InChI=1S/C29H34N2O2/c1-21(2)19-27(23-14-16-26(33-3)17-15-23)30-29(32)25-12-10-22(11-13-25)20-31-18-6-8-24-7-4-5-9-28(24)31/h4-5,7,9-17,21,27H,6,8,18-20H2,1-3H3,(H,30,32)/t27-/m1/s1. The van der Waals surface area contributed by atoms with E-state index in [0.29, 0.717) is 11.5 Å². The predicted molar refractivity (Wildman–Crippen MR) is 135 cm³/mol. The minimum atomic E-state index is -0.0358. The number of carbonyl (C=O) groups is 1. The molecule has 1 atom stereocenters. The van der Waals surface area contributed by atoms with Gasteiger partial charge in [0.1, 0.15) is 5.75 Å². The van der Waals surface area contributed by atoms with Crippen LogP contribution < -0.4 is 15.0 Å². The van der Waals surface area contributed by atoms with E-state index >= 15 is 0 Å². The Morgan fingerprint density at radius 3 is 2.42 bits per heavy atom. The average Bonchev–Trinajstić information content (AvgIpc) is 2.84. The lowest BCUT2D eigenvalue weighted by atomic mass is 9.96. The van der Waals surface area contributed by atoms with Gasteiger partial charge in [-0.1, -0.05) is 56.3 Å². The maximum Gasteiger partial charge on any atom is 0.251 e. The molecule has 4 heteroatoms. The van der Waals surface area contributed by atoms with Crippen molar-refractivity contribution in [2.45, 2.75) is 45.7 Å². The van der Waals surface area contributed by atoms with Crippen LogP contribution in [0.3, 0.4) is 0 Å². The van der Waals surface area contributed by atoms with Gasteiger partial charge in [-0.2, -0.15) is 0 Å². The van der Waals surface area contributed by atoms with Crippen molar-refractivity contribution in [2.24, 2.45) is 5.92 Å². The first-order valence-corrected chi connectivity index (χ1v) is 11.9. The number of ether oxygens (including phenoxy) is 1. The molecule has 1 aliphatic heterocycles. The van der Waals surface area contributed by atoms with Gasteiger partial charge in [-0.05, 0) is 72.2 Å². The van der Waals surface area contributed by atoms with Crippen molar-refractivity contribution in [2.75, 3.05) is 18.6 Å². The maximum atomic E-state index is 13.1. The number of amides is 1. The third kappa shape index (κ3) is 5.75. The van der Waals surface area contributed by atoms with Gasteiger partial charge in [0.05, 0.1) is 13.2 Å². The summed E-state index contributed by atoms with van der Waals surface area (Å²) in [5.74, 6) is 1.25. The Morgan fingerprint density at radius 1 is 1.00 bits per heavy atom. The van der Waals surface area contributed by atoms with Crippen LogP contribution in [0.25, 0.3) is 0 Å². The number of benzene rings is 3. The average molecular weight is 443 g/mol. The molecule has 4 rings (SSSR count). The molecular weight excluding hydrogens is 408 g/mol. The monoisotopic (exact) mass is 442 g/mol. The van der Waals surface area contributed by atoms with E-state index in [9.17, 15) is 4.79 Å². The van der Waals surface area contributed by atoms with E-state index < -0.39 is 0 Å². The number of rotatable bonds is 8. The first-order chi connectivity index (χ1) is 16.0. The van der Waals surface area contributed by atoms with Gasteiger partial charge in [0, 0.05) is 24.3 Å². The lowest BCUT2D eigenvalue weighted by molar-refractivity contribution is 0.0932. The minimum Gasteiger partial charge on any atom is -0.497 e. The normalized spacial score (nSPS) is 14.0. The second-order valence-corrected chi connectivity index (χ2v) is 9.28. The molecule has 0 aliphatic carbocycles. The Hall–Kier alpha value is -3.27. The van der Waals surface area contributed by atoms with E-state index in [-0.39, 0.29) is 11.9 Å². The lowest BCUT2D eigenvalue weighted by Crippen LogP contribution is -2.30. The number of hydrogen-bond donors (Lipinski definition) is 1. The first kappa shape index (κ1) is 22.9. The van der Waals surface area contributed by atoms with Crippen molar-refractivity contribution in [3.05, 3.63) is 95.1 Å². The third-order valence-electron chi connectivity index (χ3n) is 6.33. The number of fused-ring (bicyclic) bond motifs is 1. The van der Waals surface area contributed by atoms with Gasteiger partial charge in [-0.15, -0.1) is 0 Å². The van der Waals surface area contributed by atoms with Crippen molar-refractivity contribution in [1.29, 1.82) is 0 Å². The summed E-state index contributed by atoms with van der Waals surface area (Å²) >= 11 is 0. The minimum absolute atomic E-state index is 0.0343. The van der Waals surface area contributed by atoms with Crippen LogP contribution in [-0.4, -0.2) is 19.6 Å². The number of methoxy groups -OCH3 is 1. The van der Waals surface area contributed by atoms with Crippen molar-refractivity contribution in [1.82, 2.24) is 5.32 Å². The Labute approximate surface area is 197 Å². The molecule has 172 valence electrons. The molecule has 1 N–H and O–H groups in total. The van der Waals surface area contributed by atoms with E-state index in [4.69, 9.17) is 4.74 Å². The van der Waals surface area contributed by atoms with Crippen molar-refractivity contribution in [3.63, 3.8) is 0 Å². The zero-order valence-corrected chi connectivity index (χ0v) is 19.9. The predicted octanol–water partition coefficient (Wildman–Crippen LogP) is 6.17. The number of para-hydroxylation sites is 1. The largest absolute Gasteiger partial charge is 0.497 e. The van der Waals surface area contributed by atoms with Crippen LogP contribution in [0.1, 0.15) is 59.8 Å². The molecule has 0 aromatic heterocycles. The number of hydrogen-bond acceptors (Lipinski definition) is 3. The summed E-state index contributed by atoms with van der Waals surface area (Å²) in [6.45, 7) is 6.28. The fraction of sp³-hybridized carbons (Fsp3) is 0.345. The Morgan fingerprint density at radius 2 is 1.73 bits per heavy atom.